The molecule has 0 amide bonds. The zero-order valence-electron chi connectivity index (χ0n) is 5.15. The van der Waals surface area contributed by atoms with Crippen LogP contribution in [0.25, 0.3) is 0 Å². The molecule has 0 aromatic carbocycles. The number of ether oxygens (including phenoxy) is 2. The van der Waals surface area contributed by atoms with E-state index < -0.39 is 10.6 Å². The van der Waals surface area contributed by atoms with Crippen molar-refractivity contribution in [2.24, 2.45) is 0 Å². The molecule has 0 aromatic rings. The van der Waals surface area contributed by atoms with Gasteiger partial charge < -0.3 is 14.6 Å². The Kier molecular flexibility index (Phi) is 1.84. The van der Waals surface area contributed by atoms with E-state index in [1.54, 1.807) is 0 Å². The van der Waals surface area contributed by atoms with Crippen molar-refractivity contribution in [3.05, 3.63) is 10.1 Å². The molecular weight excluding hydrogens is 142 g/mol. The molecule has 0 radical (unpaired) electrons. The molecule has 6 heteroatoms. The molecule has 0 atom stereocenters. The molecule has 0 saturated carbocycles. The first-order valence-corrected chi connectivity index (χ1v) is 2.67. The van der Waals surface area contributed by atoms with Gasteiger partial charge in [-0.25, -0.2) is 0 Å². The van der Waals surface area contributed by atoms with Crippen LogP contribution >= 0.6 is 0 Å². The fraction of sp³-hybridized carbons (Fsp3) is 1.00. The molecule has 58 valence electrons. The van der Waals surface area contributed by atoms with Crippen molar-refractivity contribution in [1.29, 1.82) is 0 Å². The molecule has 0 unspecified atom stereocenters. The van der Waals surface area contributed by atoms with Crippen molar-refractivity contribution < 1.29 is 19.5 Å². The summed E-state index contributed by atoms with van der Waals surface area (Å²) in [4.78, 5) is 9.26. The lowest BCUT2D eigenvalue weighted by Gasteiger charge is -2.23. The van der Waals surface area contributed by atoms with Crippen LogP contribution in [0.4, 0.5) is 0 Å². The Balaban J connectivity index is 2.56. The van der Waals surface area contributed by atoms with E-state index >= 15 is 0 Å². The predicted octanol–water partition coefficient (Wildman–Crippen LogP) is -1.04. The van der Waals surface area contributed by atoms with Gasteiger partial charge in [0.05, 0.1) is 4.92 Å². The normalized spacial score (nSPS) is 24.1. The minimum atomic E-state index is -2.04. The van der Waals surface area contributed by atoms with Crippen molar-refractivity contribution in [1.82, 2.24) is 0 Å². The van der Waals surface area contributed by atoms with Crippen LogP contribution < -0.4 is 0 Å². The molecule has 1 heterocycles. The molecule has 10 heavy (non-hydrogen) atoms. The van der Waals surface area contributed by atoms with E-state index in [0.29, 0.717) is 0 Å². The second-order valence-corrected chi connectivity index (χ2v) is 2.05. The summed E-state index contributed by atoms with van der Waals surface area (Å²) in [5.74, 6) is 0. The van der Waals surface area contributed by atoms with E-state index in [1.165, 1.54) is 0 Å². The van der Waals surface area contributed by atoms with Crippen LogP contribution in [-0.2, 0) is 9.47 Å². The fourth-order valence-electron chi connectivity index (χ4n) is 0.616. The molecule has 0 spiro atoms. The highest BCUT2D eigenvalue weighted by Crippen LogP contribution is 2.11. The Morgan fingerprint density at radius 3 is 2.30 bits per heavy atom. The minimum absolute atomic E-state index is 0.0101. The molecular formula is C4H7NO5. The highest BCUT2D eigenvalue weighted by molar-refractivity contribution is 4.65. The van der Waals surface area contributed by atoms with Crippen LogP contribution in [0.3, 0.4) is 0 Å². The number of nitro groups is 1. The van der Waals surface area contributed by atoms with Crippen LogP contribution in [0.1, 0.15) is 0 Å². The third-order valence-corrected chi connectivity index (χ3v) is 1.17. The van der Waals surface area contributed by atoms with Gasteiger partial charge in [-0.15, -0.1) is 0 Å². The van der Waals surface area contributed by atoms with Crippen LogP contribution in [0.2, 0.25) is 0 Å². The van der Waals surface area contributed by atoms with Gasteiger partial charge >= 0.3 is 5.72 Å². The molecule has 1 rings (SSSR count). The van der Waals surface area contributed by atoms with Gasteiger partial charge in [-0.1, -0.05) is 0 Å². The van der Waals surface area contributed by atoms with Gasteiger partial charge in [-0.2, -0.15) is 0 Å². The SMILES string of the molecule is O=[N+]([O-])C1(O)COCOC1. The second-order valence-electron chi connectivity index (χ2n) is 2.05. The van der Waals surface area contributed by atoms with E-state index in [0.717, 1.165) is 0 Å². The molecule has 0 aromatic heterocycles. The molecule has 1 fully saturated rings. The largest absolute Gasteiger partial charge is 0.369 e. The first kappa shape index (κ1) is 7.39. The first-order valence-electron chi connectivity index (χ1n) is 2.67. The summed E-state index contributed by atoms with van der Waals surface area (Å²) in [7, 11) is 0. The quantitative estimate of drug-likeness (QED) is 0.292. The summed E-state index contributed by atoms with van der Waals surface area (Å²) >= 11 is 0. The topological polar surface area (TPSA) is 81.8 Å². The fourth-order valence-corrected chi connectivity index (χ4v) is 0.616. The average molecular weight is 149 g/mol. The first-order chi connectivity index (χ1) is 4.65. The van der Waals surface area contributed by atoms with Gasteiger partial charge in [0, 0.05) is 0 Å². The summed E-state index contributed by atoms with van der Waals surface area (Å²) in [6, 6.07) is 0. The third-order valence-electron chi connectivity index (χ3n) is 1.17. The van der Waals surface area contributed by atoms with E-state index in [1.807, 2.05) is 0 Å². The lowest BCUT2D eigenvalue weighted by molar-refractivity contribution is -0.641. The molecule has 1 N–H and O–H groups in total. The maximum absolute atomic E-state index is 10.1. The lowest BCUT2D eigenvalue weighted by atomic mass is 10.3. The standard InChI is InChI=1S/C4H7NO5/c6-4(5(7)8)1-9-3-10-2-4/h6H,1-3H2. The molecule has 1 aliphatic rings. The third kappa shape index (κ3) is 1.23. The zero-order valence-corrected chi connectivity index (χ0v) is 5.15. The van der Waals surface area contributed by atoms with Crippen LogP contribution in [0.5, 0.6) is 0 Å². The Bertz CT molecular complexity index is 141. The number of nitrogens with zero attached hydrogens (tertiary/aromatic N) is 1. The van der Waals surface area contributed by atoms with Crippen LogP contribution in [0.15, 0.2) is 0 Å². The molecule has 0 aliphatic carbocycles. The predicted molar refractivity (Wildman–Crippen MR) is 28.7 cm³/mol. The molecule has 1 aliphatic heterocycles. The summed E-state index contributed by atoms with van der Waals surface area (Å²) < 4.78 is 9.06. The Morgan fingerprint density at radius 2 is 2.00 bits per heavy atom. The minimum Gasteiger partial charge on any atom is -0.345 e. The van der Waals surface area contributed by atoms with Gasteiger partial charge in [0.1, 0.15) is 20.0 Å². The average Bonchev–Trinajstić information content (AvgIpc) is 1.89. The molecule has 1 saturated heterocycles. The molecule has 0 bridgehead atoms. The van der Waals surface area contributed by atoms with Crippen molar-refractivity contribution in [3.8, 4) is 0 Å². The van der Waals surface area contributed by atoms with Crippen molar-refractivity contribution >= 4 is 0 Å². The summed E-state index contributed by atoms with van der Waals surface area (Å²) in [5.41, 5.74) is -2.04. The maximum Gasteiger partial charge on any atom is 0.369 e. The summed E-state index contributed by atoms with van der Waals surface area (Å²) in [5, 5.41) is 19.1. The lowest BCUT2D eigenvalue weighted by Crippen LogP contribution is -2.50. The van der Waals surface area contributed by atoms with E-state index in [4.69, 9.17) is 5.11 Å². The Labute approximate surface area is 56.5 Å². The van der Waals surface area contributed by atoms with Crippen molar-refractivity contribution in [3.63, 3.8) is 0 Å². The van der Waals surface area contributed by atoms with Gasteiger partial charge in [-0.05, 0) is 0 Å². The van der Waals surface area contributed by atoms with Crippen LogP contribution in [-0.4, -0.2) is 35.8 Å². The number of aliphatic hydroxyl groups is 1. The smallest absolute Gasteiger partial charge is 0.345 e. The number of hydrogen-bond donors (Lipinski definition) is 1. The van der Waals surface area contributed by atoms with E-state index in [2.05, 4.69) is 9.47 Å². The van der Waals surface area contributed by atoms with Gasteiger partial charge in [0.25, 0.3) is 0 Å². The van der Waals surface area contributed by atoms with Crippen molar-refractivity contribution in [2.45, 2.75) is 5.72 Å². The Hall–Kier alpha value is -0.720. The van der Waals surface area contributed by atoms with Gasteiger partial charge in [0.2, 0.25) is 0 Å². The Morgan fingerprint density at radius 1 is 1.50 bits per heavy atom. The number of hydrogen-bond acceptors (Lipinski definition) is 5. The van der Waals surface area contributed by atoms with Gasteiger partial charge in [-0.3, -0.25) is 10.1 Å². The maximum atomic E-state index is 10.1. The highest BCUT2D eigenvalue weighted by atomic mass is 16.7. The van der Waals surface area contributed by atoms with E-state index in [-0.39, 0.29) is 20.0 Å². The number of rotatable bonds is 1. The zero-order chi connectivity index (χ0) is 7.61. The highest BCUT2D eigenvalue weighted by Gasteiger charge is 2.43. The van der Waals surface area contributed by atoms with Gasteiger partial charge in [0.15, 0.2) is 0 Å². The monoisotopic (exact) mass is 149 g/mol. The summed E-state index contributed by atoms with van der Waals surface area (Å²) in [6.45, 7) is -0.601. The summed E-state index contributed by atoms with van der Waals surface area (Å²) in [6.07, 6.45) is 0. The van der Waals surface area contributed by atoms with Crippen LogP contribution in [0, 0.1) is 10.1 Å². The molecule has 6 nitrogen and oxygen atoms in total. The van der Waals surface area contributed by atoms with E-state index in [9.17, 15) is 10.1 Å². The second kappa shape index (κ2) is 2.49. The van der Waals surface area contributed by atoms with Crippen molar-refractivity contribution in [2.75, 3.05) is 20.0 Å².